The van der Waals surface area contributed by atoms with E-state index in [-0.39, 0.29) is 10.9 Å². The second-order valence-corrected chi connectivity index (χ2v) is 6.06. The summed E-state index contributed by atoms with van der Waals surface area (Å²) in [5, 5.41) is 0.468. The third-order valence-electron chi connectivity index (χ3n) is 2.66. The molecular formula is C15H14ClF2NS. The number of hydrogen-bond donors (Lipinski definition) is 1. The Morgan fingerprint density at radius 2 is 1.80 bits per heavy atom. The summed E-state index contributed by atoms with van der Waals surface area (Å²) in [5.74, 6) is -1.18. The van der Waals surface area contributed by atoms with Crippen LogP contribution in [0, 0.1) is 11.6 Å². The third kappa shape index (κ3) is 3.72. The molecule has 0 spiro atoms. The quantitative estimate of drug-likeness (QED) is 0.888. The lowest BCUT2D eigenvalue weighted by Crippen LogP contribution is -2.18. The van der Waals surface area contributed by atoms with E-state index in [9.17, 15) is 8.78 Å². The molecule has 0 amide bonds. The summed E-state index contributed by atoms with van der Waals surface area (Å²) >= 11 is 6.98. The van der Waals surface area contributed by atoms with Gasteiger partial charge in [0.25, 0.3) is 0 Å². The Hall–Kier alpha value is -1.10. The van der Waals surface area contributed by atoms with Crippen molar-refractivity contribution in [3.63, 3.8) is 0 Å². The third-order valence-corrected chi connectivity index (χ3v) is 4.28. The molecule has 0 saturated carbocycles. The molecule has 2 aromatic rings. The minimum absolute atomic E-state index is 0.0495. The molecule has 0 aromatic heterocycles. The van der Waals surface area contributed by atoms with E-state index < -0.39 is 11.6 Å². The van der Waals surface area contributed by atoms with Crippen molar-refractivity contribution in [1.29, 1.82) is 0 Å². The first-order chi connectivity index (χ1) is 9.47. The summed E-state index contributed by atoms with van der Waals surface area (Å²) in [6, 6.07) is 9.46. The van der Waals surface area contributed by atoms with E-state index in [4.69, 9.17) is 17.3 Å². The highest BCUT2D eigenvalue weighted by Crippen LogP contribution is 2.36. The fourth-order valence-electron chi connectivity index (χ4n) is 1.84. The molecule has 0 heterocycles. The van der Waals surface area contributed by atoms with E-state index in [2.05, 4.69) is 0 Å². The lowest BCUT2D eigenvalue weighted by Gasteiger charge is -2.10. The molecule has 2 aromatic carbocycles. The minimum Gasteiger partial charge on any atom is -0.328 e. The average Bonchev–Trinajstić information content (AvgIpc) is 2.35. The van der Waals surface area contributed by atoms with E-state index >= 15 is 0 Å². The van der Waals surface area contributed by atoms with Gasteiger partial charge < -0.3 is 5.73 Å². The number of rotatable bonds is 4. The maximum Gasteiger partial charge on any atom is 0.140 e. The van der Waals surface area contributed by atoms with Gasteiger partial charge in [-0.2, -0.15) is 0 Å². The Bertz CT molecular complexity index is 594. The molecular weight excluding hydrogens is 300 g/mol. The van der Waals surface area contributed by atoms with Crippen molar-refractivity contribution < 1.29 is 8.78 Å². The van der Waals surface area contributed by atoms with Crippen molar-refractivity contribution in [2.45, 2.75) is 29.2 Å². The van der Waals surface area contributed by atoms with E-state index in [1.807, 2.05) is 0 Å². The maximum absolute atomic E-state index is 14.0. The molecule has 0 aliphatic rings. The normalized spacial score (nSPS) is 12.4. The summed E-state index contributed by atoms with van der Waals surface area (Å²) < 4.78 is 28.1. The second kappa shape index (κ2) is 6.57. The fraction of sp³-hybridized carbons (Fsp3) is 0.200. The van der Waals surface area contributed by atoms with Crippen LogP contribution < -0.4 is 5.73 Å². The highest BCUT2D eigenvalue weighted by atomic mass is 35.5. The van der Waals surface area contributed by atoms with Gasteiger partial charge in [-0.15, -0.1) is 0 Å². The molecule has 0 aliphatic carbocycles. The summed E-state index contributed by atoms with van der Waals surface area (Å²) in [7, 11) is 0. The monoisotopic (exact) mass is 313 g/mol. The van der Waals surface area contributed by atoms with Gasteiger partial charge in [0.05, 0.1) is 9.92 Å². The van der Waals surface area contributed by atoms with Crippen molar-refractivity contribution in [2.75, 3.05) is 0 Å². The van der Waals surface area contributed by atoms with Gasteiger partial charge in [0.2, 0.25) is 0 Å². The molecule has 0 aliphatic heterocycles. The zero-order chi connectivity index (χ0) is 14.7. The van der Waals surface area contributed by atoms with Crippen LogP contribution in [0.25, 0.3) is 0 Å². The van der Waals surface area contributed by atoms with Crippen LogP contribution in [-0.2, 0) is 6.42 Å². The summed E-state index contributed by atoms with van der Waals surface area (Å²) in [6.45, 7) is 1.79. The van der Waals surface area contributed by atoms with Gasteiger partial charge >= 0.3 is 0 Å². The first kappa shape index (κ1) is 15.3. The lowest BCUT2D eigenvalue weighted by atomic mass is 10.1. The van der Waals surface area contributed by atoms with Crippen molar-refractivity contribution in [3.8, 4) is 0 Å². The predicted molar refractivity (Wildman–Crippen MR) is 79.3 cm³/mol. The molecule has 0 saturated heterocycles. The van der Waals surface area contributed by atoms with Crippen LogP contribution in [0.15, 0.2) is 46.2 Å². The molecule has 106 valence electrons. The smallest absolute Gasteiger partial charge is 0.140 e. The van der Waals surface area contributed by atoms with Gasteiger partial charge in [-0.3, -0.25) is 0 Å². The zero-order valence-corrected chi connectivity index (χ0v) is 12.4. The summed E-state index contributed by atoms with van der Waals surface area (Å²) in [5.41, 5.74) is 6.19. The van der Waals surface area contributed by atoms with E-state index in [0.717, 1.165) is 11.8 Å². The van der Waals surface area contributed by atoms with Crippen LogP contribution in [0.3, 0.4) is 0 Å². The molecule has 1 atom stereocenters. The highest BCUT2D eigenvalue weighted by Gasteiger charge is 2.14. The van der Waals surface area contributed by atoms with Gasteiger partial charge in [-0.25, -0.2) is 8.78 Å². The van der Waals surface area contributed by atoms with Crippen molar-refractivity contribution in [3.05, 3.63) is 58.6 Å². The maximum atomic E-state index is 14.0. The number of hydrogen-bond acceptors (Lipinski definition) is 2. The van der Waals surface area contributed by atoms with Crippen molar-refractivity contribution >= 4 is 23.4 Å². The molecule has 20 heavy (non-hydrogen) atoms. The number of halogens is 3. The highest BCUT2D eigenvalue weighted by molar-refractivity contribution is 7.99. The molecule has 1 nitrogen and oxygen atoms in total. The van der Waals surface area contributed by atoms with E-state index in [0.29, 0.717) is 21.9 Å². The molecule has 2 rings (SSSR count). The van der Waals surface area contributed by atoms with Gasteiger partial charge in [-0.05, 0) is 43.2 Å². The Kier molecular flexibility index (Phi) is 5.02. The Morgan fingerprint density at radius 1 is 1.20 bits per heavy atom. The first-order valence-corrected chi connectivity index (χ1v) is 7.32. The molecule has 0 fully saturated rings. The SMILES string of the molecule is CC(N)Cc1cc(F)c(Sc2ccccc2Cl)c(F)c1. The average molecular weight is 314 g/mol. The van der Waals surface area contributed by atoms with Crippen LogP contribution in [0.5, 0.6) is 0 Å². The Morgan fingerprint density at radius 3 is 2.35 bits per heavy atom. The minimum atomic E-state index is -0.592. The number of nitrogens with two attached hydrogens (primary N) is 1. The van der Waals surface area contributed by atoms with Crippen LogP contribution >= 0.6 is 23.4 Å². The summed E-state index contributed by atoms with van der Waals surface area (Å²) in [6.07, 6.45) is 0.435. The van der Waals surface area contributed by atoms with Crippen molar-refractivity contribution in [2.24, 2.45) is 5.73 Å². The standard InChI is InChI=1S/C15H14ClF2NS/c1-9(19)6-10-7-12(17)15(13(18)8-10)20-14-5-3-2-4-11(14)16/h2-5,7-9H,6,19H2,1H3. The van der Waals surface area contributed by atoms with Crippen LogP contribution in [0.2, 0.25) is 5.02 Å². The molecule has 5 heteroatoms. The van der Waals surface area contributed by atoms with Gasteiger partial charge in [0.1, 0.15) is 11.6 Å². The zero-order valence-electron chi connectivity index (χ0n) is 10.9. The van der Waals surface area contributed by atoms with Gasteiger partial charge in [0.15, 0.2) is 0 Å². The first-order valence-electron chi connectivity index (χ1n) is 6.13. The lowest BCUT2D eigenvalue weighted by molar-refractivity contribution is 0.535. The molecule has 0 radical (unpaired) electrons. The molecule has 1 unspecified atom stereocenters. The number of benzene rings is 2. The van der Waals surface area contributed by atoms with E-state index in [1.165, 1.54) is 12.1 Å². The van der Waals surface area contributed by atoms with Gasteiger partial charge in [-0.1, -0.05) is 35.5 Å². The van der Waals surface area contributed by atoms with Gasteiger partial charge in [0, 0.05) is 10.9 Å². The van der Waals surface area contributed by atoms with E-state index in [1.54, 1.807) is 31.2 Å². The summed E-state index contributed by atoms with van der Waals surface area (Å²) in [4.78, 5) is 0.568. The predicted octanol–water partition coefficient (Wildman–Crippen LogP) is 4.66. The van der Waals surface area contributed by atoms with Crippen LogP contribution in [0.4, 0.5) is 8.78 Å². The Labute approximate surface area is 126 Å². The van der Waals surface area contributed by atoms with Crippen molar-refractivity contribution in [1.82, 2.24) is 0 Å². The largest absolute Gasteiger partial charge is 0.328 e. The molecule has 0 bridgehead atoms. The molecule has 2 N–H and O–H groups in total. The van der Waals surface area contributed by atoms with Crippen LogP contribution in [-0.4, -0.2) is 6.04 Å². The second-order valence-electron chi connectivity index (χ2n) is 4.60. The van der Waals surface area contributed by atoms with Crippen LogP contribution in [0.1, 0.15) is 12.5 Å². The topological polar surface area (TPSA) is 26.0 Å². The fourth-order valence-corrected chi connectivity index (χ4v) is 2.93. The Balaban J connectivity index is 2.31.